The van der Waals surface area contributed by atoms with Gasteiger partial charge >= 0.3 is 0 Å². The summed E-state index contributed by atoms with van der Waals surface area (Å²) in [6.45, 7) is 2.14. The van der Waals surface area contributed by atoms with Crippen molar-refractivity contribution < 1.29 is 8.78 Å². The molecule has 0 bridgehead atoms. The number of hydrogen-bond acceptors (Lipinski definition) is 0. The molecule has 1 aromatic carbocycles. The number of allylic oxidation sites excluding steroid dienone is 1. The number of aryl methyl sites for hydroxylation is 1. The summed E-state index contributed by atoms with van der Waals surface area (Å²) in [4.78, 5) is 0. The van der Waals surface area contributed by atoms with Gasteiger partial charge in [0.2, 0.25) is 5.92 Å². The van der Waals surface area contributed by atoms with E-state index in [1.807, 2.05) is 0 Å². The smallest absolute Gasteiger partial charge is 0.207 e. The van der Waals surface area contributed by atoms with Crippen molar-refractivity contribution in [1.29, 1.82) is 0 Å². The molecule has 102 valence electrons. The number of benzene rings is 1. The van der Waals surface area contributed by atoms with Gasteiger partial charge in [-0.1, -0.05) is 42.7 Å². The fourth-order valence-electron chi connectivity index (χ4n) is 2.69. The molecule has 1 fully saturated rings. The Morgan fingerprint density at radius 2 is 2.00 bits per heavy atom. The summed E-state index contributed by atoms with van der Waals surface area (Å²) in [7, 11) is 2.08. The summed E-state index contributed by atoms with van der Waals surface area (Å²) in [5.74, 6) is -2.12. The molecular weight excluding hydrogens is 241 g/mol. The van der Waals surface area contributed by atoms with Crippen LogP contribution >= 0.6 is 0 Å². The van der Waals surface area contributed by atoms with Gasteiger partial charge in [0, 0.05) is 12.8 Å². The van der Waals surface area contributed by atoms with Gasteiger partial charge in [-0.15, -0.1) is 0 Å². The molecule has 2 rings (SSSR count). The van der Waals surface area contributed by atoms with Crippen LogP contribution in [0.2, 0.25) is 0 Å². The molecule has 0 unspecified atom stereocenters. The summed E-state index contributed by atoms with van der Waals surface area (Å²) < 4.78 is 26.2. The average molecular weight is 262 g/mol. The van der Waals surface area contributed by atoms with Gasteiger partial charge in [-0.25, -0.2) is 8.78 Å². The van der Waals surface area contributed by atoms with E-state index in [0.717, 1.165) is 6.42 Å². The Morgan fingerprint density at radius 3 is 2.63 bits per heavy atom. The van der Waals surface area contributed by atoms with Gasteiger partial charge in [-0.3, -0.25) is 0 Å². The van der Waals surface area contributed by atoms with Gasteiger partial charge in [-0.05, 0) is 36.3 Å². The maximum Gasteiger partial charge on any atom is 0.248 e. The predicted octanol–water partition coefficient (Wildman–Crippen LogP) is 3.35. The molecule has 1 aliphatic carbocycles. The van der Waals surface area contributed by atoms with Crippen molar-refractivity contribution in [2.24, 2.45) is 5.92 Å². The average Bonchev–Trinajstić information content (AvgIpc) is 2.38. The topological polar surface area (TPSA) is 0 Å². The Morgan fingerprint density at radius 1 is 1.32 bits per heavy atom. The lowest BCUT2D eigenvalue weighted by molar-refractivity contribution is -0.0410. The lowest BCUT2D eigenvalue weighted by Crippen LogP contribution is -2.23. The molecule has 0 heterocycles. The third-order valence-electron chi connectivity index (χ3n) is 3.99. The van der Waals surface area contributed by atoms with Crippen LogP contribution in [0.1, 0.15) is 43.7 Å². The van der Waals surface area contributed by atoms with E-state index < -0.39 is 5.92 Å². The molecule has 0 amide bonds. The van der Waals surface area contributed by atoms with Gasteiger partial charge in [0.05, 0.1) is 0 Å². The largest absolute Gasteiger partial charge is 0.248 e. The van der Waals surface area contributed by atoms with Gasteiger partial charge in [-0.2, -0.15) is 0 Å². The number of hydrogen-bond donors (Lipinski definition) is 0. The molecule has 1 aliphatic rings. The summed E-state index contributed by atoms with van der Waals surface area (Å²) in [6, 6.07) is 6.45. The van der Waals surface area contributed by atoms with Gasteiger partial charge < -0.3 is 0 Å². The van der Waals surface area contributed by atoms with E-state index in [4.69, 9.17) is 0 Å². The number of alkyl halides is 2. The van der Waals surface area contributed by atoms with Crippen molar-refractivity contribution in [3.8, 4) is 0 Å². The lowest BCUT2D eigenvalue weighted by Gasteiger charge is -2.26. The van der Waals surface area contributed by atoms with E-state index in [2.05, 4.69) is 45.1 Å². The van der Waals surface area contributed by atoms with E-state index in [1.54, 1.807) is 0 Å². The molecular formula is C16H21BF2. The van der Waals surface area contributed by atoms with Crippen LogP contribution in [0.4, 0.5) is 8.78 Å². The standard InChI is InChI=1S/C16H21BF2/c1-2-13-5-6-15(17)11-14(13)4-3-12-7-9-16(18,19)10-8-12/h3-6,11-12H,2,7-10,17H2,1H3/b4-3+. The highest BCUT2D eigenvalue weighted by Crippen LogP contribution is 2.36. The highest BCUT2D eigenvalue weighted by Gasteiger charge is 2.33. The Hall–Kier alpha value is -1.12. The summed E-state index contributed by atoms with van der Waals surface area (Å²) in [6.07, 6.45) is 6.55. The molecule has 1 aromatic rings. The van der Waals surface area contributed by atoms with Crippen LogP contribution < -0.4 is 5.46 Å². The van der Waals surface area contributed by atoms with Gasteiger partial charge in [0.25, 0.3) is 0 Å². The lowest BCUT2D eigenvalue weighted by atomic mass is 9.85. The first kappa shape index (κ1) is 14.3. The van der Waals surface area contributed by atoms with Crippen molar-refractivity contribution in [3.63, 3.8) is 0 Å². The molecule has 19 heavy (non-hydrogen) atoms. The first-order chi connectivity index (χ1) is 9.00. The van der Waals surface area contributed by atoms with Crippen LogP contribution in [0.3, 0.4) is 0 Å². The van der Waals surface area contributed by atoms with E-state index in [0.29, 0.717) is 18.8 Å². The second-order valence-corrected chi connectivity index (χ2v) is 5.61. The zero-order valence-electron chi connectivity index (χ0n) is 11.8. The molecule has 0 spiro atoms. The van der Waals surface area contributed by atoms with Crippen molar-refractivity contribution in [2.75, 3.05) is 0 Å². The van der Waals surface area contributed by atoms with Crippen LogP contribution in [0, 0.1) is 5.92 Å². The zero-order chi connectivity index (χ0) is 13.9. The molecule has 0 N–H and O–H groups in total. The molecule has 3 heteroatoms. The number of rotatable bonds is 3. The van der Waals surface area contributed by atoms with Crippen molar-refractivity contribution in [2.45, 2.75) is 45.0 Å². The van der Waals surface area contributed by atoms with Crippen LogP contribution in [0.15, 0.2) is 24.3 Å². The SMILES string of the molecule is Bc1ccc(CC)c(/C=C/C2CCC(F)(F)CC2)c1. The molecule has 0 aromatic heterocycles. The normalized spacial score (nSPS) is 19.9. The summed E-state index contributed by atoms with van der Waals surface area (Å²) >= 11 is 0. The Bertz CT molecular complexity index is 456. The van der Waals surface area contributed by atoms with Crippen molar-refractivity contribution >= 4 is 19.4 Å². The van der Waals surface area contributed by atoms with E-state index in [-0.39, 0.29) is 12.8 Å². The third-order valence-corrected chi connectivity index (χ3v) is 3.99. The molecule has 0 saturated heterocycles. The highest BCUT2D eigenvalue weighted by molar-refractivity contribution is 6.32. The van der Waals surface area contributed by atoms with Gasteiger partial charge in [0.1, 0.15) is 7.85 Å². The van der Waals surface area contributed by atoms with Crippen LogP contribution in [-0.2, 0) is 6.42 Å². The van der Waals surface area contributed by atoms with Crippen LogP contribution in [-0.4, -0.2) is 13.8 Å². The van der Waals surface area contributed by atoms with E-state index >= 15 is 0 Å². The third kappa shape index (κ3) is 3.92. The summed E-state index contributed by atoms with van der Waals surface area (Å²) in [5.41, 5.74) is 3.80. The molecule has 0 atom stereocenters. The highest BCUT2D eigenvalue weighted by atomic mass is 19.3. The minimum Gasteiger partial charge on any atom is -0.207 e. The van der Waals surface area contributed by atoms with E-state index in [1.165, 1.54) is 16.6 Å². The van der Waals surface area contributed by atoms with Crippen LogP contribution in [0.25, 0.3) is 6.08 Å². The van der Waals surface area contributed by atoms with Gasteiger partial charge in [0.15, 0.2) is 0 Å². The van der Waals surface area contributed by atoms with Crippen molar-refractivity contribution in [1.82, 2.24) is 0 Å². The van der Waals surface area contributed by atoms with Crippen LogP contribution in [0.5, 0.6) is 0 Å². The zero-order valence-corrected chi connectivity index (χ0v) is 11.8. The minimum atomic E-state index is -2.43. The Kier molecular flexibility index (Phi) is 4.44. The molecule has 0 aliphatic heterocycles. The fraction of sp³-hybridized carbons (Fsp3) is 0.500. The second-order valence-electron chi connectivity index (χ2n) is 5.61. The molecule has 1 saturated carbocycles. The second kappa shape index (κ2) is 5.89. The Labute approximate surface area is 115 Å². The summed E-state index contributed by atoms with van der Waals surface area (Å²) in [5, 5.41) is 0. The monoisotopic (exact) mass is 262 g/mol. The molecule has 0 nitrogen and oxygen atoms in total. The molecule has 0 radical (unpaired) electrons. The maximum atomic E-state index is 13.1. The Balaban J connectivity index is 2.05. The minimum absolute atomic E-state index is 0.0382. The fourth-order valence-corrected chi connectivity index (χ4v) is 2.69. The van der Waals surface area contributed by atoms with Crippen molar-refractivity contribution in [3.05, 3.63) is 35.4 Å². The maximum absolute atomic E-state index is 13.1. The van der Waals surface area contributed by atoms with E-state index in [9.17, 15) is 8.78 Å². The first-order valence-corrected chi connectivity index (χ1v) is 7.16. The quantitative estimate of drug-likeness (QED) is 0.733. The number of halogens is 2. The predicted molar refractivity (Wildman–Crippen MR) is 79.9 cm³/mol. The first-order valence-electron chi connectivity index (χ1n) is 7.16.